The van der Waals surface area contributed by atoms with Crippen molar-refractivity contribution in [2.45, 2.75) is 37.6 Å². The number of hydrogen-bond acceptors (Lipinski definition) is 4. The lowest BCUT2D eigenvalue weighted by atomic mass is 9.88. The largest absolute Gasteiger partial charge is 0.480 e. The molecule has 0 aliphatic carbocycles. The minimum Gasteiger partial charge on any atom is -0.480 e. The van der Waals surface area contributed by atoms with Gasteiger partial charge in [-0.15, -0.1) is 0 Å². The number of aryl methyl sites for hydroxylation is 1. The van der Waals surface area contributed by atoms with E-state index in [0.717, 1.165) is 5.56 Å². The van der Waals surface area contributed by atoms with Crippen molar-refractivity contribution in [1.29, 1.82) is 5.26 Å². The van der Waals surface area contributed by atoms with E-state index in [0.29, 0.717) is 10.0 Å². The molecule has 0 aromatic heterocycles. The molecule has 2 unspecified atom stereocenters. The van der Waals surface area contributed by atoms with Gasteiger partial charge in [0.25, 0.3) is 0 Å². The van der Waals surface area contributed by atoms with Gasteiger partial charge in [0, 0.05) is 10.4 Å². The number of carboxylic acids is 1. The molecule has 0 heterocycles. The lowest BCUT2D eigenvalue weighted by Crippen LogP contribution is -2.44. The van der Waals surface area contributed by atoms with Crippen LogP contribution in [0.15, 0.2) is 39.7 Å². The fourth-order valence-corrected chi connectivity index (χ4v) is 4.72. The topological polar surface area (TPSA) is 107 Å². The molecule has 0 spiro atoms. The molecule has 6 nitrogen and oxygen atoms in total. The molecule has 0 aliphatic heterocycles. The molecule has 0 saturated carbocycles. The first-order valence-corrected chi connectivity index (χ1v) is 10.5. The van der Waals surface area contributed by atoms with Crippen LogP contribution in [0.25, 0.3) is 0 Å². The second kappa shape index (κ2) is 8.39. The summed E-state index contributed by atoms with van der Waals surface area (Å²) in [5.41, 5.74) is 1.30. The number of aliphatic carboxylic acids is 1. The molecule has 9 heteroatoms. The highest BCUT2D eigenvalue weighted by Crippen LogP contribution is 2.29. The van der Waals surface area contributed by atoms with Gasteiger partial charge < -0.3 is 5.11 Å². The SMILES string of the molecule is Cc1ccc(F)c(C(C)C(NS(=O)(=O)c2ccc(Br)cc2C#N)C(=O)O)c1C. The fraction of sp³-hybridized carbons (Fsp3) is 0.263. The minimum absolute atomic E-state index is 0.131. The molecule has 0 amide bonds. The molecule has 148 valence electrons. The van der Waals surface area contributed by atoms with Crippen LogP contribution in [-0.4, -0.2) is 25.5 Å². The van der Waals surface area contributed by atoms with E-state index in [9.17, 15) is 28.0 Å². The molecule has 0 radical (unpaired) electrons. The zero-order valence-corrected chi connectivity index (χ0v) is 17.7. The van der Waals surface area contributed by atoms with Gasteiger partial charge >= 0.3 is 5.97 Å². The zero-order chi connectivity index (χ0) is 21.2. The Kier molecular flexibility index (Phi) is 6.59. The monoisotopic (exact) mass is 468 g/mol. The number of nitrogens with one attached hydrogen (secondary N) is 1. The first-order valence-electron chi connectivity index (χ1n) is 8.20. The van der Waals surface area contributed by atoms with Gasteiger partial charge in [-0.05, 0) is 54.8 Å². The number of nitrogens with zero attached hydrogens (tertiary/aromatic N) is 1. The Morgan fingerprint density at radius 2 is 1.93 bits per heavy atom. The summed E-state index contributed by atoms with van der Waals surface area (Å²) in [7, 11) is -4.35. The van der Waals surface area contributed by atoms with E-state index in [1.54, 1.807) is 26.0 Å². The van der Waals surface area contributed by atoms with Crippen molar-refractivity contribution in [1.82, 2.24) is 4.72 Å². The number of hydrogen-bond donors (Lipinski definition) is 2. The average Bonchev–Trinajstić information content (AvgIpc) is 2.62. The van der Waals surface area contributed by atoms with Crippen molar-refractivity contribution in [2.24, 2.45) is 0 Å². The highest BCUT2D eigenvalue weighted by molar-refractivity contribution is 9.10. The average molecular weight is 469 g/mol. The van der Waals surface area contributed by atoms with Gasteiger partial charge in [0.15, 0.2) is 0 Å². The second-order valence-electron chi connectivity index (χ2n) is 6.38. The Bertz CT molecular complexity index is 1080. The van der Waals surface area contributed by atoms with Crippen LogP contribution >= 0.6 is 15.9 Å². The molecule has 0 fully saturated rings. The quantitative estimate of drug-likeness (QED) is 0.672. The summed E-state index contributed by atoms with van der Waals surface area (Å²) < 4.78 is 42.6. The maximum Gasteiger partial charge on any atom is 0.322 e. The van der Waals surface area contributed by atoms with Gasteiger partial charge in [0.2, 0.25) is 10.0 Å². The van der Waals surface area contributed by atoms with Gasteiger partial charge in [-0.3, -0.25) is 4.79 Å². The highest BCUT2D eigenvalue weighted by atomic mass is 79.9. The fourth-order valence-electron chi connectivity index (χ4n) is 2.95. The third-order valence-electron chi connectivity index (χ3n) is 4.59. The van der Waals surface area contributed by atoms with E-state index in [-0.39, 0.29) is 16.0 Å². The number of benzene rings is 2. The van der Waals surface area contributed by atoms with Crippen LogP contribution in [0, 0.1) is 31.0 Å². The molecular formula is C19H18BrFN2O4S. The molecule has 2 aromatic rings. The Labute approximate surface area is 171 Å². The van der Waals surface area contributed by atoms with E-state index < -0.39 is 33.8 Å². The molecule has 2 atom stereocenters. The summed E-state index contributed by atoms with van der Waals surface area (Å²) in [4.78, 5) is 11.5. The molecule has 0 aliphatic rings. The van der Waals surface area contributed by atoms with E-state index in [4.69, 9.17) is 0 Å². The van der Waals surface area contributed by atoms with Crippen molar-refractivity contribution in [3.05, 3.63) is 62.9 Å². The van der Waals surface area contributed by atoms with Crippen molar-refractivity contribution >= 4 is 31.9 Å². The molecule has 0 bridgehead atoms. The number of nitriles is 1. The molecule has 2 aromatic carbocycles. The Hall–Kier alpha value is -2.28. The Morgan fingerprint density at radius 1 is 1.29 bits per heavy atom. The smallest absolute Gasteiger partial charge is 0.322 e. The number of carboxylic acid groups (broad SMARTS) is 1. The highest BCUT2D eigenvalue weighted by Gasteiger charge is 2.34. The van der Waals surface area contributed by atoms with E-state index in [1.807, 2.05) is 0 Å². The van der Waals surface area contributed by atoms with Crippen LogP contribution < -0.4 is 4.72 Å². The predicted octanol–water partition coefficient (Wildman–Crippen LogP) is 3.61. The number of halogens is 2. The van der Waals surface area contributed by atoms with Crippen LogP contribution in [0.2, 0.25) is 0 Å². The van der Waals surface area contributed by atoms with E-state index in [1.165, 1.54) is 31.2 Å². The Balaban J connectivity index is 2.51. The third kappa shape index (κ3) is 4.41. The maximum atomic E-state index is 14.4. The molecule has 2 N–H and O–H groups in total. The summed E-state index contributed by atoms with van der Waals surface area (Å²) in [6.45, 7) is 4.85. The van der Waals surface area contributed by atoms with Crippen LogP contribution in [0.4, 0.5) is 4.39 Å². The van der Waals surface area contributed by atoms with E-state index in [2.05, 4.69) is 20.7 Å². The molecule has 28 heavy (non-hydrogen) atoms. The van der Waals surface area contributed by atoms with Crippen LogP contribution in [0.5, 0.6) is 0 Å². The van der Waals surface area contributed by atoms with Crippen molar-refractivity contribution < 1.29 is 22.7 Å². The molecular weight excluding hydrogens is 451 g/mol. The van der Waals surface area contributed by atoms with Gasteiger partial charge in [0.05, 0.1) is 10.5 Å². The lowest BCUT2D eigenvalue weighted by molar-refractivity contribution is -0.139. The van der Waals surface area contributed by atoms with Gasteiger partial charge in [0.1, 0.15) is 17.9 Å². The normalized spacial score (nSPS) is 13.6. The van der Waals surface area contributed by atoms with Crippen LogP contribution in [-0.2, 0) is 14.8 Å². The maximum absolute atomic E-state index is 14.4. The first kappa shape index (κ1) is 22.0. The minimum atomic E-state index is -4.35. The van der Waals surface area contributed by atoms with Gasteiger partial charge in [-0.2, -0.15) is 9.98 Å². The van der Waals surface area contributed by atoms with Crippen LogP contribution in [0.1, 0.15) is 35.1 Å². The lowest BCUT2D eigenvalue weighted by Gasteiger charge is -2.24. The number of rotatable bonds is 6. The predicted molar refractivity (Wildman–Crippen MR) is 105 cm³/mol. The number of sulfonamides is 1. The Morgan fingerprint density at radius 3 is 2.50 bits per heavy atom. The standard InChI is InChI=1S/C19H18BrFN2O4S/c1-10-4-6-15(21)17(11(10)2)12(3)18(19(24)25)23-28(26,27)16-7-5-14(20)8-13(16)9-22/h4-8,12,18,23H,1-3H3,(H,24,25). The summed E-state index contributed by atoms with van der Waals surface area (Å²) in [6, 6.07) is 6.89. The second-order valence-corrected chi connectivity index (χ2v) is 8.98. The summed E-state index contributed by atoms with van der Waals surface area (Å²) in [5.74, 6) is -3.05. The molecule has 2 rings (SSSR count). The zero-order valence-electron chi connectivity index (χ0n) is 15.3. The molecule has 0 saturated heterocycles. The van der Waals surface area contributed by atoms with Crippen molar-refractivity contribution in [3.8, 4) is 6.07 Å². The van der Waals surface area contributed by atoms with Crippen LogP contribution in [0.3, 0.4) is 0 Å². The van der Waals surface area contributed by atoms with Crippen molar-refractivity contribution in [2.75, 3.05) is 0 Å². The van der Waals surface area contributed by atoms with E-state index >= 15 is 0 Å². The summed E-state index contributed by atoms with van der Waals surface area (Å²) in [5, 5.41) is 18.8. The number of carbonyl (C=O) groups is 1. The summed E-state index contributed by atoms with van der Waals surface area (Å²) in [6.07, 6.45) is 0. The van der Waals surface area contributed by atoms with Crippen molar-refractivity contribution in [3.63, 3.8) is 0 Å². The first-order chi connectivity index (χ1) is 13.0. The van der Waals surface area contributed by atoms with Gasteiger partial charge in [-0.1, -0.05) is 28.9 Å². The van der Waals surface area contributed by atoms with Gasteiger partial charge in [-0.25, -0.2) is 12.8 Å². The summed E-state index contributed by atoms with van der Waals surface area (Å²) >= 11 is 3.15. The third-order valence-corrected chi connectivity index (χ3v) is 6.58.